The average molecular weight is 488 g/mol. The van der Waals surface area contributed by atoms with Gasteiger partial charge in [-0.15, -0.1) is 12.6 Å². The Morgan fingerprint density at radius 1 is 0.971 bits per heavy atom. The van der Waals surface area contributed by atoms with Crippen molar-refractivity contribution in [3.8, 4) is 0 Å². The Hall–Kier alpha value is -3.99. The molecule has 2 aliphatic rings. The molecule has 34 heavy (non-hydrogen) atoms. The SMILES string of the molecule is CCN1C(=O)C=CC1=O.CCN1C(=O)C=CC1=O.O=C(O)/C(S)=C/c1c[nH]c2ccc(F)cc12. The Kier molecular flexibility index (Phi) is 9.08. The molecule has 2 aromatic rings. The number of imide groups is 2. The quantitative estimate of drug-likeness (QED) is 0.346. The van der Waals surface area contributed by atoms with Gasteiger partial charge in [0.05, 0.1) is 4.91 Å². The van der Waals surface area contributed by atoms with Gasteiger partial charge in [-0.2, -0.15) is 0 Å². The molecular weight excluding hydrogens is 465 g/mol. The maximum absolute atomic E-state index is 13.0. The van der Waals surface area contributed by atoms with Crippen molar-refractivity contribution in [1.29, 1.82) is 0 Å². The Bertz CT molecular complexity index is 1150. The van der Waals surface area contributed by atoms with Gasteiger partial charge in [0.25, 0.3) is 23.6 Å². The molecule has 0 saturated heterocycles. The van der Waals surface area contributed by atoms with Gasteiger partial charge < -0.3 is 10.1 Å². The number of halogens is 1. The van der Waals surface area contributed by atoms with Gasteiger partial charge in [0.1, 0.15) is 5.82 Å². The molecule has 0 fully saturated rings. The van der Waals surface area contributed by atoms with Crippen LogP contribution in [-0.4, -0.2) is 62.6 Å². The molecule has 4 amide bonds. The number of carboxylic acids is 1. The fourth-order valence-electron chi connectivity index (χ4n) is 2.93. The molecule has 0 aliphatic carbocycles. The van der Waals surface area contributed by atoms with Gasteiger partial charge in [-0.25, -0.2) is 9.18 Å². The van der Waals surface area contributed by atoms with Gasteiger partial charge in [0.2, 0.25) is 0 Å². The second kappa shape index (κ2) is 11.8. The first kappa shape index (κ1) is 26.3. The van der Waals surface area contributed by atoms with Crippen molar-refractivity contribution in [2.75, 3.05) is 13.1 Å². The number of aliphatic carboxylic acids is 1. The van der Waals surface area contributed by atoms with E-state index >= 15 is 0 Å². The summed E-state index contributed by atoms with van der Waals surface area (Å²) >= 11 is 3.82. The number of hydrogen-bond acceptors (Lipinski definition) is 6. The number of benzene rings is 1. The minimum Gasteiger partial charge on any atom is -0.477 e. The third kappa shape index (κ3) is 6.51. The van der Waals surface area contributed by atoms with Crippen LogP contribution in [0.3, 0.4) is 0 Å². The monoisotopic (exact) mass is 487 g/mol. The highest BCUT2D eigenvalue weighted by Crippen LogP contribution is 2.22. The van der Waals surface area contributed by atoms with Crippen molar-refractivity contribution in [2.24, 2.45) is 0 Å². The second-order valence-electron chi connectivity index (χ2n) is 6.78. The third-order valence-electron chi connectivity index (χ3n) is 4.62. The highest BCUT2D eigenvalue weighted by molar-refractivity contribution is 7.85. The number of aromatic nitrogens is 1. The first-order chi connectivity index (χ1) is 16.1. The van der Waals surface area contributed by atoms with Crippen LogP contribution in [-0.2, 0) is 24.0 Å². The zero-order valence-electron chi connectivity index (χ0n) is 18.3. The highest BCUT2D eigenvalue weighted by Gasteiger charge is 2.21. The molecule has 0 saturated carbocycles. The number of nitrogens with one attached hydrogen (secondary N) is 1. The third-order valence-corrected chi connectivity index (χ3v) is 4.94. The van der Waals surface area contributed by atoms with Crippen LogP contribution in [0.5, 0.6) is 0 Å². The number of fused-ring (bicyclic) bond motifs is 1. The molecule has 11 heteroatoms. The summed E-state index contributed by atoms with van der Waals surface area (Å²) in [4.78, 5) is 58.3. The highest BCUT2D eigenvalue weighted by atomic mass is 32.1. The van der Waals surface area contributed by atoms with E-state index in [2.05, 4.69) is 17.6 Å². The van der Waals surface area contributed by atoms with Gasteiger partial charge in [-0.3, -0.25) is 29.0 Å². The summed E-state index contributed by atoms with van der Waals surface area (Å²) in [6.45, 7) is 4.46. The molecule has 1 aromatic heterocycles. The summed E-state index contributed by atoms with van der Waals surface area (Å²) in [6.07, 6.45) is 8.13. The van der Waals surface area contributed by atoms with Crippen molar-refractivity contribution >= 4 is 59.2 Å². The topological polar surface area (TPSA) is 128 Å². The lowest BCUT2D eigenvalue weighted by atomic mass is 10.1. The van der Waals surface area contributed by atoms with Crippen molar-refractivity contribution in [3.05, 3.63) is 65.0 Å². The molecule has 0 bridgehead atoms. The van der Waals surface area contributed by atoms with Crippen LogP contribution in [0, 0.1) is 5.82 Å². The molecule has 4 rings (SSSR count). The lowest BCUT2D eigenvalue weighted by Crippen LogP contribution is -2.29. The minimum atomic E-state index is -1.12. The minimum absolute atomic E-state index is 0.0924. The zero-order chi connectivity index (χ0) is 25.4. The van der Waals surface area contributed by atoms with Crippen molar-refractivity contribution in [1.82, 2.24) is 14.8 Å². The molecule has 2 aliphatic heterocycles. The summed E-state index contributed by atoms with van der Waals surface area (Å²) in [6, 6.07) is 4.28. The number of rotatable bonds is 4. The predicted octanol–water partition coefficient (Wildman–Crippen LogP) is 2.52. The molecule has 2 N–H and O–H groups in total. The number of carboxylic acid groups (broad SMARTS) is 1. The molecular formula is C23H22FN3O6S. The summed E-state index contributed by atoms with van der Waals surface area (Å²) in [5.41, 5.74) is 1.35. The number of likely N-dealkylation sites (N-methyl/N-ethyl adjacent to an activating group) is 2. The number of nitrogens with zero attached hydrogens (tertiary/aromatic N) is 2. The fourth-order valence-corrected chi connectivity index (χ4v) is 3.07. The van der Waals surface area contributed by atoms with Gasteiger partial charge in [0.15, 0.2) is 0 Å². The number of carbonyl (C=O) groups excluding carboxylic acids is 4. The van der Waals surface area contributed by atoms with Crippen molar-refractivity contribution in [3.63, 3.8) is 0 Å². The van der Waals surface area contributed by atoms with Crippen LogP contribution < -0.4 is 0 Å². The standard InChI is InChI=1S/C11H8FNO2S.2C6H7NO2/c12-7-1-2-9-8(4-7)6(5-13-9)3-10(16)11(14)15;2*1-2-7-5(8)3-4-6(7)9/h1-5,13,16H,(H,14,15);2*3-4H,2H2,1H3/b10-3-;;. The molecule has 0 atom stereocenters. The first-order valence-electron chi connectivity index (χ1n) is 10.1. The van der Waals surface area contributed by atoms with Crippen molar-refractivity contribution in [2.45, 2.75) is 13.8 Å². The number of hydrogen-bond donors (Lipinski definition) is 3. The summed E-state index contributed by atoms with van der Waals surface area (Å²) < 4.78 is 13.0. The van der Waals surface area contributed by atoms with Gasteiger partial charge in [-0.1, -0.05) is 0 Å². The number of H-pyrrole nitrogens is 1. The summed E-state index contributed by atoms with van der Waals surface area (Å²) in [5.74, 6) is -2.30. The van der Waals surface area contributed by atoms with Crippen LogP contribution in [0.2, 0.25) is 0 Å². The van der Waals surface area contributed by atoms with E-state index in [0.29, 0.717) is 24.0 Å². The molecule has 0 unspecified atom stereocenters. The van der Waals surface area contributed by atoms with E-state index in [1.54, 1.807) is 26.1 Å². The molecule has 0 spiro atoms. The van der Waals surface area contributed by atoms with Crippen LogP contribution in [0.4, 0.5) is 4.39 Å². The summed E-state index contributed by atoms with van der Waals surface area (Å²) in [7, 11) is 0. The second-order valence-corrected chi connectivity index (χ2v) is 7.26. The fraction of sp³-hybridized carbons (Fsp3) is 0.174. The largest absolute Gasteiger partial charge is 0.477 e. The smallest absolute Gasteiger partial charge is 0.341 e. The lowest BCUT2D eigenvalue weighted by molar-refractivity contribution is -0.138. The molecule has 0 radical (unpaired) electrons. The number of thiol groups is 1. The van der Waals surface area contributed by atoms with Crippen molar-refractivity contribution < 1.29 is 33.5 Å². The van der Waals surface area contributed by atoms with E-state index in [1.165, 1.54) is 52.3 Å². The van der Waals surface area contributed by atoms with Crippen LogP contribution in [0.1, 0.15) is 19.4 Å². The van der Waals surface area contributed by atoms with E-state index in [0.717, 1.165) is 5.52 Å². The van der Waals surface area contributed by atoms with E-state index in [9.17, 15) is 28.4 Å². The van der Waals surface area contributed by atoms with Crippen LogP contribution >= 0.6 is 12.6 Å². The van der Waals surface area contributed by atoms with Gasteiger partial charge in [-0.05, 0) is 38.1 Å². The molecule has 3 heterocycles. The van der Waals surface area contributed by atoms with E-state index in [-0.39, 0.29) is 34.4 Å². The van der Waals surface area contributed by atoms with Gasteiger partial charge in [0, 0.05) is 60.1 Å². The van der Waals surface area contributed by atoms with E-state index < -0.39 is 5.97 Å². The van der Waals surface area contributed by atoms with E-state index in [1.807, 2.05) is 0 Å². The number of amides is 4. The summed E-state index contributed by atoms with van der Waals surface area (Å²) in [5, 5.41) is 9.31. The predicted molar refractivity (Wildman–Crippen MR) is 126 cm³/mol. The Morgan fingerprint density at radius 3 is 1.82 bits per heavy atom. The zero-order valence-corrected chi connectivity index (χ0v) is 19.2. The Labute approximate surface area is 199 Å². The van der Waals surface area contributed by atoms with Gasteiger partial charge >= 0.3 is 5.97 Å². The Morgan fingerprint density at radius 2 is 1.44 bits per heavy atom. The number of carbonyl (C=O) groups is 5. The number of aromatic amines is 1. The molecule has 9 nitrogen and oxygen atoms in total. The normalized spacial score (nSPS) is 15.0. The molecule has 1 aromatic carbocycles. The van der Waals surface area contributed by atoms with Crippen LogP contribution in [0.15, 0.2) is 53.6 Å². The van der Waals surface area contributed by atoms with E-state index in [4.69, 9.17) is 5.11 Å². The maximum atomic E-state index is 13.0. The maximum Gasteiger partial charge on any atom is 0.341 e. The average Bonchev–Trinajstić information content (AvgIpc) is 3.45. The first-order valence-corrected chi connectivity index (χ1v) is 10.5. The Balaban J connectivity index is 0.000000194. The van der Waals surface area contributed by atoms with Crippen LogP contribution in [0.25, 0.3) is 17.0 Å². The molecule has 178 valence electrons. The lowest BCUT2D eigenvalue weighted by Gasteiger charge is -2.08.